The highest BCUT2D eigenvalue weighted by Gasteiger charge is 2.26. The van der Waals surface area contributed by atoms with Crippen LogP contribution in [0.1, 0.15) is 36.0 Å². The molecule has 1 heterocycles. The zero-order valence-corrected chi connectivity index (χ0v) is 15.2. The summed E-state index contributed by atoms with van der Waals surface area (Å²) in [7, 11) is 1.34. The van der Waals surface area contributed by atoms with Crippen molar-refractivity contribution in [1.29, 1.82) is 0 Å². The lowest BCUT2D eigenvalue weighted by Crippen LogP contribution is -2.36. The fraction of sp³-hybridized carbons (Fsp3) is 0.579. The molecule has 7 heteroatoms. The predicted octanol–water partition coefficient (Wildman–Crippen LogP) is 1.77. The van der Waals surface area contributed by atoms with Crippen molar-refractivity contribution in [3.63, 3.8) is 0 Å². The van der Waals surface area contributed by atoms with Crippen LogP contribution in [0.3, 0.4) is 0 Å². The molecule has 0 aromatic heterocycles. The standard InChI is InChI=1S/C19H27N3O4/c1-25-19(24)16-12-15(22-7-9-26-10-8-22)5-6-17(16)21-18(23)13-3-2-4-14(20)11-13/h5-6,12-14H,2-4,7-11,20H2,1H3,(H,21,23). The highest BCUT2D eigenvalue weighted by atomic mass is 16.5. The van der Waals surface area contributed by atoms with E-state index in [-0.39, 0.29) is 17.9 Å². The number of carbonyl (C=O) groups excluding carboxylic acids is 2. The van der Waals surface area contributed by atoms with Crippen molar-refractivity contribution in [2.45, 2.75) is 31.7 Å². The first-order chi connectivity index (χ1) is 12.6. The fourth-order valence-corrected chi connectivity index (χ4v) is 3.64. The molecule has 1 aromatic rings. The van der Waals surface area contributed by atoms with Crippen LogP contribution in [0.15, 0.2) is 18.2 Å². The molecule has 3 N–H and O–H groups in total. The summed E-state index contributed by atoms with van der Waals surface area (Å²) < 4.78 is 10.3. The van der Waals surface area contributed by atoms with E-state index >= 15 is 0 Å². The van der Waals surface area contributed by atoms with E-state index in [2.05, 4.69) is 10.2 Å². The van der Waals surface area contributed by atoms with Gasteiger partial charge in [-0.05, 0) is 37.5 Å². The van der Waals surface area contributed by atoms with Gasteiger partial charge in [-0.15, -0.1) is 0 Å². The molecule has 2 unspecified atom stereocenters. The van der Waals surface area contributed by atoms with Gasteiger partial charge in [-0.3, -0.25) is 4.79 Å². The van der Waals surface area contributed by atoms with Crippen molar-refractivity contribution in [3.05, 3.63) is 23.8 Å². The van der Waals surface area contributed by atoms with E-state index < -0.39 is 5.97 Å². The van der Waals surface area contributed by atoms with Crippen LogP contribution in [0.2, 0.25) is 0 Å². The van der Waals surface area contributed by atoms with Crippen molar-refractivity contribution in [3.8, 4) is 0 Å². The minimum atomic E-state index is -0.462. The number of ether oxygens (including phenoxy) is 2. The third kappa shape index (κ3) is 4.34. The first-order valence-corrected chi connectivity index (χ1v) is 9.20. The summed E-state index contributed by atoms with van der Waals surface area (Å²) in [6, 6.07) is 5.54. The van der Waals surface area contributed by atoms with Crippen molar-refractivity contribution in [1.82, 2.24) is 0 Å². The van der Waals surface area contributed by atoms with E-state index in [1.54, 1.807) is 12.1 Å². The van der Waals surface area contributed by atoms with Crippen molar-refractivity contribution in [2.75, 3.05) is 43.6 Å². The average molecular weight is 361 g/mol. The molecule has 1 aromatic carbocycles. The molecular weight excluding hydrogens is 334 g/mol. The Bertz CT molecular complexity index is 658. The van der Waals surface area contributed by atoms with Gasteiger partial charge in [0.25, 0.3) is 0 Å². The maximum absolute atomic E-state index is 12.6. The van der Waals surface area contributed by atoms with Gasteiger partial charge in [-0.2, -0.15) is 0 Å². The van der Waals surface area contributed by atoms with E-state index in [0.717, 1.165) is 38.0 Å². The number of nitrogens with one attached hydrogen (secondary N) is 1. The fourth-order valence-electron chi connectivity index (χ4n) is 3.64. The largest absolute Gasteiger partial charge is 0.465 e. The monoisotopic (exact) mass is 361 g/mol. The minimum Gasteiger partial charge on any atom is -0.465 e. The second kappa shape index (κ2) is 8.51. The van der Waals surface area contributed by atoms with E-state index in [9.17, 15) is 9.59 Å². The average Bonchev–Trinajstić information content (AvgIpc) is 2.68. The third-order valence-corrected chi connectivity index (χ3v) is 5.13. The number of esters is 1. The summed E-state index contributed by atoms with van der Waals surface area (Å²) in [5.74, 6) is -0.650. The highest BCUT2D eigenvalue weighted by molar-refractivity contribution is 6.02. The maximum Gasteiger partial charge on any atom is 0.340 e. The number of amides is 1. The second-order valence-electron chi connectivity index (χ2n) is 6.93. The summed E-state index contributed by atoms with van der Waals surface area (Å²) in [5.41, 5.74) is 7.76. The number of anilines is 2. The predicted molar refractivity (Wildman–Crippen MR) is 99.4 cm³/mol. The Labute approximate surface area is 153 Å². The Hall–Kier alpha value is -2.12. The van der Waals surface area contributed by atoms with E-state index in [0.29, 0.717) is 30.9 Å². The van der Waals surface area contributed by atoms with Crippen LogP contribution in [0, 0.1) is 5.92 Å². The van der Waals surface area contributed by atoms with Crippen LogP contribution in [0.5, 0.6) is 0 Å². The van der Waals surface area contributed by atoms with Crippen molar-refractivity contribution < 1.29 is 19.1 Å². The molecule has 142 valence electrons. The molecule has 0 radical (unpaired) electrons. The molecule has 3 rings (SSSR count). The first-order valence-electron chi connectivity index (χ1n) is 9.20. The number of hydrogen-bond donors (Lipinski definition) is 2. The normalized spacial score (nSPS) is 23.4. The smallest absolute Gasteiger partial charge is 0.340 e. The van der Waals surface area contributed by atoms with E-state index in [1.165, 1.54) is 7.11 Å². The van der Waals surface area contributed by atoms with Gasteiger partial charge >= 0.3 is 5.97 Å². The zero-order valence-electron chi connectivity index (χ0n) is 15.2. The van der Waals surface area contributed by atoms with Crippen LogP contribution < -0.4 is 16.0 Å². The molecule has 1 aliphatic heterocycles. The van der Waals surface area contributed by atoms with Crippen LogP contribution in [0.4, 0.5) is 11.4 Å². The van der Waals surface area contributed by atoms with Gasteiger partial charge in [0, 0.05) is 30.7 Å². The van der Waals surface area contributed by atoms with Gasteiger partial charge in [0.05, 0.1) is 31.6 Å². The summed E-state index contributed by atoms with van der Waals surface area (Å²) in [4.78, 5) is 27.0. The Kier molecular flexibility index (Phi) is 6.11. The molecule has 1 saturated heterocycles. The number of rotatable bonds is 4. The summed E-state index contributed by atoms with van der Waals surface area (Å²) in [5, 5.41) is 2.91. The van der Waals surface area contributed by atoms with Crippen molar-refractivity contribution >= 4 is 23.3 Å². The quantitative estimate of drug-likeness (QED) is 0.794. The van der Waals surface area contributed by atoms with Crippen LogP contribution in [-0.4, -0.2) is 51.3 Å². The first kappa shape index (κ1) is 18.7. The molecule has 1 saturated carbocycles. The number of nitrogens with two attached hydrogens (primary N) is 1. The topological polar surface area (TPSA) is 93.9 Å². The Morgan fingerprint density at radius 2 is 2.04 bits per heavy atom. The SMILES string of the molecule is COC(=O)c1cc(N2CCOCC2)ccc1NC(=O)C1CCCC(N)C1. The van der Waals surface area contributed by atoms with Gasteiger partial charge in [0.15, 0.2) is 0 Å². The Morgan fingerprint density at radius 3 is 2.73 bits per heavy atom. The second-order valence-corrected chi connectivity index (χ2v) is 6.93. The lowest BCUT2D eigenvalue weighted by molar-refractivity contribution is -0.120. The Balaban J connectivity index is 1.78. The molecule has 2 atom stereocenters. The van der Waals surface area contributed by atoms with Gasteiger partial charge in [-0.1, -0.05) is 6.42 Å². The summed E-state index contributed by atoms with van der Waals surface area (Å²) >= 11 is 0. The summed E-state index contributed by atoms with van der Waals surface area (Å²) in [6.45, 7) is 2.86. The molecular formula is C19H27N3O4. The molecule has 1 aliphatic carbocycles. The molecule has 1 amide bonds. The molecule has 2 fully saturated rings. The lowest BCUT2D eigenvalue weighted by atomic mass is 9.85. The van der Waals surface area contributed by atoms with E-state index in [4.69, 9.17) is 15.2 Å². The molecule has 2 aliphatic rings. The highest BCUT2D eigenvalue weighted by Crippen LogP contribution is 2.28. The van der Waals surface area contributed by atoms with Gasteiger partial charge in [-0.25, -0.2) is 4.79 Å². The van der Waals surface area contributed by atoms with Gasteiger partial charge < -0.3 is 25.4 Å². The molecule has 26 heavy (non-hydrogen) atoms. The number of benzene rings is 1. The van der Waals surface area contributed by atoms with Crippen LogP contribution >= 0.6 is 0 Å². The van der Waals surface area contributed by atoms with Crippen LogP contribution in [0.25, 0.3) is 0 Å². The molecule has 7 nitrogen and oxygen atoms in total. The summed E-state index contributed by atoms with van der Waals surface area (Å²) in [6.07, 6.45) is 3.44. The minimum absolute atomic E-state index is 0.0725. The van der Waals surface area contributed by atoms with Gasteiger partial charge in [0.2, 0.25) is 5.91 Å². The lowest BCUT2D eigenvalue weighted by Gasteiger charge is -2.29. The molecule has 0 bridgehead atoms. The van der Waals surface area contributed by atoms with Crippen LogP contribution in [-0.2, 0) is 14.3 Å². The Morgan fingerprint density at radius 1 is 1.27 bits per heavy atom. The number of nitrogens with zero attached hydrogens (tertiary/aromatic N) is 1. The van der Waals surface area contributed by atoms with Crippen molar-refractivity contribution in [2.24, 2.45) is 11.7 Å². The number of carbonyl (C=O) groups is 2. The maximum atomic E-state index is 12.6. The zero-order chi connectivity index (χ0) is 18.5. The molecule has 0 spiro atoms. The number of hydrogen-bond acceptors (Lipinski definition) is 6. The van der Waals surface area contributed by atoms with Gasteiger partial charge in [0.1, 0.15) is 0 Å². The number of methoxy groups -OCH3 is 1. The third-order valence-electron chi connectivity index (χ3n) is 5.13. The number of morpholine rings is 1. The van der Waals surface area contributed by atoms with E-state index in [1.807, 2.05) is 6.07 Å².